The number of alkyl halides is 2. The summed E-state index contributed by atoms with van der Waals surface area (Å²) in [7, 11) is 0. The average molecular weight is 268 g/mol. The number of nitrogens with zero attached hydrogens (tertiary/aromatic N) is 1. The van der Waals surface area contributed by atoms with E-state index in [-0.39, 0.29) is 16.9 Å². The number of carbonyl (C=O) groups is 1. The first-order valence-electron chi connectivity index (χ1n) is 5.09. The van der Waals surface area contributed by atoms with Gasteiger partial charge in [-0.1, -0.05) is 0 Å². The van der Waals surface area contributed by atoms with Crippen LogP contribution in [0.5, 0.6) is 5.75 Å². The number of aromatic hydroxyl groups is 1. The lowest BCUT2D eigenvalue weighted by atomic mass is 10.1. The van der Waals surface area contributed by atoms with Gasteiger partial charge in [0.25, 0.3) is 12.3 Å². The molecule has 0 aromatic heterocycles. The Balaban J connectivity index is 2.73. The van der Waals surface area contributed by atoms with Gasteiger partial charge in [-0.25, -0.2) is 8.78 Å². The predicted octanol–water partition coefficient (Wildman–Crippen LogP) is 0.783. The van der Waals surface area contributed by atoms with Crippen LogP contribution in [0.2, 0.25) is 0 Å². The zero-order valence-corrected chi connectivity index (χ0v) is 9.58. The van der Waals surface area contributed by atoms with Gasteiger partial charge in [-0.15, -0.1) is 0 Å². The predicted molar refractivity (Wildman–Crippen MR) is 62.0 cm³/mol. The summed E-state index contributed by atoms with van der Waals surface area (Å²) in [6, 6.07) is 5.38. The highest BCUT2D eigenvalue weighted by Gasteiger charge is 2.14. The number of hydrogen-bond acceptors (Lipinski definition) is 4. The lowest BCUT2D eigenvalue weighted by Gasteiger charge is -2.09. The van der Waals surface area contributed by atoms with Crippen LogP contribution in [0.3, 0.4) is 0 Å². The van der Waals surface area contributed by atoms with E-state index in [0.29, 0.717) is 0 Å². The molecule has 1 rings (SSSR count). The number of amides is 1. The monoisotopic (exact) mass is 268 g/mol. The minimum absolute atomic E-state index is 0.148. The molecular weight excluding hydrogens is 258 g/mol. The molecule has 0 saturated carbocycles. The quantitative estimate of drug-likeness (QED) is 0.479. The number of halogens is 2. The van der Waals surface area contributed by atoms with E-state index in [1.54, 1.807) is 6.07 Å². The maximum absolute atomic E-state index is 11.9. The van der Waals surface area contributed by atoms with Crippen LogP contribution in [0.15, 0.2) is 18.2 Å². The maximum atomic E-state index is 11.9. The molecule has 19 heavy (non-hydrogen) atoms. The summed E-state index contributed by atoms with van der Waals surface area (Å²) < 4.78 is 23.7. The molecule has 4 N–H and O–H groups in total. The molecule has 100 valence electrons. The van der Waals surface area contributed by atoms with Gasteiger partial charge in [0.05, 0.1) is 23.7 Å². The van der Waals surface area contributed by atoms with Crippen LogP contribution in [0.25, 0.3) is 0 Å². The molecule has 0 atom stereocenters. The standard InChI is InChI=1S/C11H10F2N4O2/c12-9(13)5-16-11(15)17-10(19)7-3-6(4-14)1-2-8(7)18/h1-3,9,18H,5H2,(H3,15,16,17,19). The number of phenols is 1. The molecule has 0 radical (unpaired) electrons. The summed E-state index contributed by atoms with van der Waals surface area (Å²) >= 11 is 0. The van der Waals surface area contributed by atoms with Crippen LogP contribution in [0.1, 0.15) is 15.9 Å². The van der Waals surface area contributed by atoms with Gasteiger partial charge in [-0.05, 0) is 18.2 Å². The second kappa shape index (κ2) is 6.30. The molecule has 0 unspecified atom stereocenters. The third kappa shape index (κ3) is 4.23. The molecule has 0 bridgehead atoms. The van der Waals surface area contributed by atoms with Crippen molar-refractivity contribution in [3.63, 3.8) is 0 Å². The van der Waals surface area contributed by atoms with Crippen molar-refractivity contribution in [2.24, 2.45) is 0 Å². The Hall–Kier alpha value is -2.69. The lowest BCUT2D eigenvalue weighted by molar-refractivity contribution is 0.0971. The smallest absolute Gasteiger partial charge is 0.261 e. The first-order chi connectivity index (χ1) is 8.93. The summed E-state index contributed by atoms with van der Waals surface area (Å²) in [5, 5.41) is 29.3. The first kappa shape index (κ1) is 14.4. The van der Waals surface area contributed by atoms with Gasteiger partial charge < -0.3 is 10.4 Å². The Kier molecular flexibility index (Phi) is 4.76. The molecule has 6 nitrogen and oxygen atoms in total. The Labute approximate surface area is 107 Å². The first-order valence-corrected chi connectivity index (χ1v) is 5.09. The fourth-order valence-corrected chi connectivity index (χ4v) is 1.19. The van der Waals surface area contributed by atoms with Crippen LogP contribution in [-0.4, -0.2) is 29.9 Å². The van der Waals surface area contributed by atoms with Crippen molar-refractivity contribution in [2.45, 2.75) is 6.43 Å². The van der Waals surface area contributed by atoms with Gasteiger partial charge in [-0.2, -0.15) is 5.26 Å². The van der Waals surface area contributed by atoms with Crippen molar-refractivity contribution in [3.8, 4) is 11.8 Å². The topological polar surface area (TPSA) is 109 Å². The van der Waals surface area contributed by atoms with Crippen molar-refractivity contribution < 1.29 is 18.7 Å². The number of nitriles is 1. The molecule has 0 spiro atoms. The zero-order chi connectivity index (χ0) is 14.4. The minimum atomic E-state index is -2.66. The fraction of sp³-hybridized carbons (Fsp3) is 0.182. The molecule has 0 fully saturated rings. The fourth-order valence-electron chi connectivity index (χ4n) is 1.19. The summed E-state index contributed by atoms with van der Waals surface area (Å²) in [5.74, 6) is -1.87. The molecular formula is C11H10F2N4O2. The van der Waals surface area contributed by atoms with Gasteiger partial charge in [0.1, 0.15) is 5.75 Å². The van der Waals surface area contributed by atoms with Gasteiger partial charge in [0.15, 0.2) is 5.96 Å². The number of nitrogens with one attached hydrogen (secondary N) is 3. The Morgan fingerprint density at radius 2 is 2.21 bits per heavy atom. The second-order valence-corrected chi connectivity index (χ2v) is 3.44. The van der Waals surface area contributed by atoms with Crippen LogP contribution < -0.4 is 10.6 Å². The van der Waals surface area contributed by atoms with Gasteiger partial charge in [-0.3, -0.25) is 15.5 Å². The van der Waals surface area contributed by atoms with Crippen LogP contribution in [0.4, 0.5) is 8.78 Å². The van der Waals surface area contributed by atoms with Crippen molar-refractivity contribution in [1.82, 2.24) is 10.6 Å². The SMILES string of the molecule is N#Cc1ccc(O)c(C(=O)NC(=N)NCC(F)F)c1. The molecule has 1 amide bonds. The molecule has 0 heterocycles. The number of carbonyl (C=O) groups excluding carboxylic acids is 1. The van der Waals surface area contributed by atoms with Gasteiger partial charge >= 0.3 is 0 Å². The lowest BCUT2D eigenvalue weighted by Crippen LogP contribution is -2.42. The van der Waals surface area contributed by atoms with Crippen LogP contribution in [0, 0.1) is 16.7 Å². The maximum Gasteiger partial charge on any atom is 0.261 e. The summed E-state index contributed by atoms with van der Waals surface area (Å²) in [5.41, 5.74) is -0.0716. The van der Waals surface area contributed by atoms with Crippen molar-refractivity contribution in [3.05, 3.63) is 29.3 Å². The number of hydrogen-bond donors (Lipinski definition) is 4. The molecule has 0 aliphatic heterocycles. The van der Waals surface area contributed by atoms with Crippen molar-refractivity contribution >= 4 is 11.9 Å². The third-order valence-corrected chi connectivity index (χ3v) is 2.04. The summed E-state index contributed by atoms with van der Waals surface area (Å²) in [6.45, 7) is -0.774. The molecule has 0 aliphatic carbocycles. The van der Waals surface area contributed by atoms with Crippen molar-refractivity contribution in [2.75, 3.05) is 6.54 Å². The largest absolute Gasteiger partial charge is 0.507 e. The van der Waals surface area contributed by atoms with E-state index in [4.69, 9.17) is 10.7 Å². The molecule has 0 aliphatic rings. The average Bonchev–Trinajstić information content (AvgIpc) is 2.36. The van der Waals surface area contributed by atoms with E-state index in [1.165, 1.54) is 6.07 Å². The van der Waals surface area contributed by atoms with E-state index < -0.39 is 24.8 Å². The number of benzene rings is 1. The Morgan fingerprint density at radius 3 is 2.79 bits per heavy atom. The van der Waals surface area contributed by atoms with Gasteiger partial charge in [0.2, 0.25) is 0 Å². The second-order valence-electron chi connectivity index (χ2n) is 3.44. The van der Waals surface area contributed by atoms with E-state index in [9.17, 15) is 18.7 Å². The highest BCUT2D eigenvalue weighted by molar-refractivity contribution is 6.06. The van der Waals surface area contributed by atoms with E-state index in [0.717, 1.165) is 12.1 Å². The number of rotatable bonds is 3. The van der Waals surface area contributed by atoms with E-state index in [1.807, 2.05) is 10.6 Å². The van der Waals surface area contributed by atoms with Crippen molar-refractivity contribution in [1.29, 1.82) is 10.7 Å². The Bertz CT molecular complexity index is 540. The highest BCUT2D eigenvalue weighted by atomic mass is 19.3. The Morgan fingerprint density at radius 1 is 1.53 bits per heavy atom. The summed E-state index contributed by atoms with van der Waals surface area (Å²) in [4.78, 5) is 11.6. The van der Waals surface area contributed by atoms with Crippen LogP contribution in [-0.2, 0) is 0 Å². The molecule has 1 aromatic rings. The summed E-state index contributed by atoms with van der Waals surface area (Å²) in [6.07, 6.45) is -2.66. The van der Waals surface area contributed by atoms with E-state index >= 15 is 0 Å². The normalized spacial score (nSPS) is 9.79. The highest BCUT2D eigenvalue weighted by Crippen LogP contribution is 2.17. The molecule has 8 heteroatoms. The molecule has 0 saturated heterocycles. The van der Waals surface area contributed by atoms with E-state index in [2.05, 4.69) is 0 Å². The minimum Gasteiger partial charge on any atom is -0.507 e. The van der Waals surface area contributed by atoms with Gasteiger partial charge in [0, 0.05) is 0 Å². The van der Waals surface area contributed by atoms with Crippen LogP contribution >= 0.6 is 0 Å². The number of guanidine groups is 1. The number of phenolic OH excluding ortho intramolecular Hbond substituents is 1. The third-order valence-electron chi connectivity index (χ3n) is 2.04. The zero-order valence-electron chi connectivity index (χ0n) is 9.58. The molecule has 1 aromatic carbocycles.